The molecule has 2 aromatic rings. The number of rotatable bonds is 5. The number of nitrogens with zero attached hydrogens (tertiary/aromatic N) is 4. The van der Waals surface area contributed by atoms with Gasteiger partial charge < -0.3 is 10.5 Å². The molecule has 1 aliphatic carbocycles. The van der Waals surface area contributed by atoms with Crippen LogP contribution >= 0.6 is 11.9 Å². The van der Waals surface area contributed by atoms with E-state index in [4.69, 9.17) is 5.73 Å². The van der Waals surface area contributed by atoms with Gasteiger partial charge in [0.05, 0.1) is 17.1 Å². The number of hydrogen-bond acceptors (Lipinski definition) is 7. The first-order valence-electron chi connectivity index (χ1n) is 9.90. The van der Waals surface area contributed by atoms with Crippen LogP contribution in [0.15, 0.2) is 35.6 Å². The van der Waals surface area contributed by atoms with Gasteiger partial charge in [-0.05, 0) is 55.5 Å². The average Bonchev–Trinajstić information content (AvgIpc) is 3.53. The summed E-state index contributed by atoms with van der Waals surface area (Å²) in [6.45, 7) is 0.291. The van der Waals surface area contributed by atoms with Crippen molar-refractivity contribution >= 4 is 29.8 Å². The molecule has 4 rings (SSSR count). The molecule has 176 valence electrons. The number of halogens is 5. The number of alkyl halides is 3. The van der Waals surface area contributed by atoms with Gasteiger partial charge in [-0.2, -0.15) is 13.2 Å². The summed E-state index contributed by atoms with van der Waals surface area (Å²) in [7, 11) is 1.80. The third-order valence-corrected chi connectivity index (χ3v) is 7.24. The fraction of sp³-hybridized carbons (Fsp3) is 0.381. The summed E-state index contributed by atoms with van der Waals surface area (Å²) in [5.74, 6) is -1.39. The van der Waals surface area contributed by atoms with Crippen LogP contribution in [0.2, 0.25) is 0 Å². The van der Waals surface area contributed by atoms with Gasteiger partial charge in [-0.3, -0.25) is 4.31 Å². The van der Waals surface area contributed by atoms with E-state index in [1.807, 2.05) is 6.92 Å². The van der Waals surface area contributed by atoms with Crippen LogP contribution in [0.25, 0.3) is 11.9 Å². The number of ether oxygens (including phenoxy) is 1. The molecule has 2 N–H and O–H groups in total. The predicted molar refractivity (Wildman–Crippen MR) is 115 cm³/mol. The first kappa shape index (κ1) is 23.3. The zero-order valence-electron chi connectivity index (χ0n) is 17.7. The van der Waals surface area contributed by atoms with E-state index in [9.17, 15) is 22.0 Å². The van der Waals surface area contributed by atoms with Gasteiger partial charge in [0.25, 0.3) is 0 Å². The van der Waals surface area contributed by atoms with Gasteiger partial charge in [0.2, 0.25) is 11.8 Å². The van der Waals surface area contributed by atoms with E-state index in [0.717, 1.165) is 31.3 Å². The predicted octanol–water partition coefficient (Wildman–Crippen LogP) is 4.68. The molecule has 0 saturated heterocycles. The molecule has 1 aromatic heterocycles. The van der Waals surface area contributed by atoms with Crippen molar-refractivity contribution in [2.75, 3.05) is 13.7 Å². The molecule has 33 heavy (non-hydrogen) atoms. The molecule has 0 amide bonds. The van der Waals surface area contributed by atoms with E-state index in [1.54, 1.807) is 11.4 Å². The summed E-state index contributed by atoms with van der Waals surface area (Å²) >= 11 is 1.52. The van der Waals surface area contributed by atoms with Crippen LogP contribution in [0.1, 0.15) is 36.6 Å². The Balaban J connectivity index is 1.61. The minimum Gasteiger partial charge on any atom is -0.467 e. The zero-order valence-corrected chi connectivity index (χ0v) is 18.5. The minimum absolute atomic E-state index is 0.206. The molecule has 0 bridgehead atoms. The maximum atomic E-state index is 14.9. The molecule has 2 heterocycles. The first-order chi connectivity index (χ1) is 15.4. The van der Waals surface area contributed by atoms with Crippen LogP contribution in [0.3, 0.4) is 0 Å². The van der Waals surface area contributed by atoms with Crippen molar-refractivity contribution < 1.29 is 26.7 Å². The number of guanidine groups is 1. The standard InChI is InChI=1S/C21H20F5N5OS/c1-19(20(5-6-20)33-31(2)18(27)30-19)13-7-12(3-4-14(13)22)8-15(23)16-9-29-17(10-28-16)32-11-21(24,25)26/h3-4,7-10H,5-6,11H2,1-2H3,(H2,27,30)/b15-8-/t19-/m1/s1. The molecule has 1 aromatic carbocycles. The Morgan fingerprint density at radius 1 is 1.27 bits per heavy atom. The third kappa shape index (κ3) is 4.61. The zero-order chi connectivity index (χ0) is 24.0. The molecule has 1 spiro atoms. The monoisotopic (exact) mass is 485 g/mol. The van der Waals surface area contributed by atoms with Crippen LogP contribution in [0.5, 0.6) is 5.88 Å². The lowest BCUT2D eigenvalue weighted by molar-refractivity contribution is -0.154. The molecule has 0 unspecified atom stereocenters. The number of hydrogen-bond donors (Lipinski definition) is 1. The third-order valence-electron chi connectivity index (χ3n) is 5.63. The topological polar surface area (TPSA) is 76.6 Å². The average molecular weight is 485 g/mol. The number of nitrogens with two attached hydrogens (primary N) is 1. The highest BCUT2D eigenvalue weighted by Gasteiger charge is 2.62. The lowest BCUT2D eigenvalue weighted by atomic mass is 9.85. The number of aromatic nitrogens is 2. The van der Waals surface area contributed by atoms with Gasteiger partial charge in [-0.1, -0.05) is 6.07 Å². The Morgan fingerprint density at radius 3 is 2.61 bits per heavy atom. The Bertz CT molecular complexity index is 1120. The molecule has 1 fully saturated rings. The quantitative estimate of drug-likeness (QED) is 0.490. The SMILES string of the molecule is CN1SC2(CC2)[C@@](C)(c2cc(/C=C(\F)c3cnc(OCC(F)(F)F)cn3)ccc2F)N=C1N. The summed E-state index contributed by atoms with van der Waals surface area (Å²) in [5.41, 5.74) is 5.53. The van der Waals surface area contributed by atoms with Gasteiger partial charge in [0, 0.05) is 12.6 Å². The fourth-order valence-electron chi connectivity index (χ4n) is 3.69. The highest BCUT2D eigenvalue weighted by atomic mass is 32.2. The second-order valence-corrected chi connectivity index (χ2v) is 9.51. The van der Waals surface area contributed by atoms with Crippen molar-refractivity contribution in [3.63, 3.8) is 0 Å². The second-order valence-electron chi connectivity index (χ2n) is 8.00. The van der Waals surface area contributed by atoms with Gasteiger partial charge in [-0.25, -0.2) is 23.7 Å². The Hall–Kier alpha value is -2.89. The number of aliphatic imine (C=N–C) groups is 1. The van der Waals surface area contributed by atoms with Crippen LogP contribution in [-0.4, -0.2) is 44.8 Å². The van der Waals surface area contributed by atoms with Gasteiger partial charge in [0.15, 0.2) is 12.4 Å². The smallest absolute Gasteiger partial charge is 0.422 e. The van der Waals surface area contributed by atoms with Crippen molar-refractivity contribution in [2.24, 2.45) is 10.7 Å². The molecule has 12 heteroatoms. The summed E-state index contributed by atoms with van der Waals surface area (Å²) in [4.78, 5) is 12.0. The summed E-state index contributed by atoms with van der Waals surface area (Å²) in [5, 5.41) is 0. The molecule has 1 saturated carbocycles. The molecule has 1 aliphatic heterocycles. The number of benzene rings is 1. The normalized spacial score (nSPS) is 22.3. The van der Waals surface area contributed by atoms with Crippen LogP contribution < -0.4 is 10.5 Å². The highest BCUT2D eigenvalue weighted by molar-refractivity contribution is 7.99. The van der Waals surface area contributed by atoms with Crippen LogP contribution in [0, 0.1) is 5.82 Å². The molecule has 0 radical (unpaired) electrons. The van der Waals surface area contributed by atoms with E-state index in [2.05, 4.69) is 19.7 Å². The maximum absolute atomic E-state index is 14.9. The Labute approximate surface area is 190 Å². The fourth-order valence-corrected chi connectivity index (χ4v) is 4.97. The van der Waals surface area contributed by atoms with E-state index < -0.39 is 30.0 Å². The first-order valence-corrected chi connectivity index (χ1v) is 10.7. The molecule has 1 atom stereocenters. The lowest BCUT2D eigenvalue weighted by Crippen LogP contribution is -2.47. The Kier molecular flexibility index (Phi) is 5.75. The second kappa shape index (κ2) is 8.15. The van der Waals surface area contributed by atoms with Crippen molar-refractivity contribution in [3.05, 3.63) is 53.2 Å². The van der Waals surface area contributed by atoms with Crippen molar-refractivity contribution in [1.82, 2.24) is 14.3 Å². The largest absolute Gasteiger partial charge is 0.467 e. The summed E-state index contributed by atoms with van der Waals surface area (Å²) in [6, 6.07) is 4.17. The van der Waals surface area contributed by atoms with Crippen molar-refractivity contribution in [1.29, 1.82) is 0 Å². The Morgan fingerprint density at radius 2 is 2.00 bits per heavy atom. The van der Waals surface area contributed by atoms with Crippen LogP contribution in [0.4, 0.5) is 22.0 Å². The van der Waals surface area contributed by atoms with Crippen molar-refractivity contribution in [2.45, 2.75) is 36.2 Å². The van der Waals surface area contributed by atoms with E-state index >= 15 is 0 Å². The van der Waals surface area contributed by atoms with Crippen LogP contribution in [-0.2, 0) is 5.54 Å². The molecule has 2 aliphatic rings. The van der Waals surface area contributed by atoms with E-state index in [-0.39, 0.29) is 22.3 Å². The maximum Gasteiger partial charge on any atom is 0.422 e. The lowest BCUT2D eigenvalue weighted by Gasteiger charge is -2.42. The van der Waals surface area contributed by atoms with Gasteiger partial charge >= 0.3 is 6.18 Å². The van der Waals surface area contributed by atoms with E-state index in [0.29, 0.717) is 11.1 Å². The van der Waals surface area contributed by atoms with E-state index in [1.165, 1.54) is 30.1 Å². The highest BCUT2D eigenvalue weighted by Crippen LogP contribution is 2.63. The molecule has 6 nitrogen and oxygen atoms in total. The molecular weight excluding hydrogens is 465 g/mol. The summed E-state index contributed by atoms with van der Waals surface area (Å²) in [6.07, 6.45) is 0.142. The minimum atomic E-state index is -4.53. The molecular formula is C21H20F5N5OS. The van der Waals surface area contributed by atoms with Gasteiger partial charge in [-0.15, -0.1) is 0 Å². The van der Waals surface area contributed by atoms with Gasteiger partial charge in [0.1, 0.15) is 17.1 Å². The van der Waals surface area contributed by atoms with Crippen molar-refractivity contribution in [3.8, 4) is 5.88 Å². The summed E-state index contributed by atoms with van der Waals surface area (Å²) < 4.78 is 72.2.